The molecule has 0 heterocycles. The molecule has 0 bridgehead atoms. The second-order valence-electron chi connectivity index (χ2n) is 2.33. The number of methoxy groups -OCH3 is 1. The summed E-state index contributed by atoms with van der Waals surface area (Å²) in [5.41, 5.74) is 0.583. The summed E-state index contributed by atoms with van der Waals surface area (Å²) in [6.45, 7) is 0. The Balaban J connectivity index is 3.27. The van der Waals surface area contributed by atoms with Gasteiger partial charge < -0.3 is 4.74 Å². The summed E-state index contributed by atoms with van der Waals surface area (Å²) in [6.07, 6.45) is 0. The summed E-state index contributed by atoms with van der Waals surface area (Å²) in [4.78, 5) is 10.8. The third-order valence-electron chi connectivity index (χ3n) is 1.54. The molecular formula is C8H6ClNO3S. The lowest BCUT2D eigenvalue weighted by molar-refractivity contribution is 0.108. The fraction of sp³-hybridized carbons (Fsp3) is 0.125. The van der Waals surface area contributed by atoms with Crippen molar-refractivity contribution in [1.29, 1.82) is 0 Å². The standard InChI is InChI=1S/C8H6ClNO3S/c1-13-7-3-2-5(8(9)11)4-6(7)10-14-12/h2-4H,1H3. The monoisotopic (exact) mass is 231 g/mol. The molecule has 0 fully saturated rings. The van der Waals surface area contributed by atoms with Crippen LogP contribution in [0.4, 0.5) is 5.69 Å². The van der Waals surface area contributed by atoms with E-state index in [1.807, 2.05) is 0 Å². The third-order valence-corrected chi connectivity index (χ3v) is 2.03. The van der Waals surface area contributed by atoms with E-state index < -0.39 is 5.24 Å². The number of hydrogen-bond acceptors (Lipinski definition) is 4. The molecule has 1 rings (SSSR count). The minimum absolute atomic E-state index is 0.0453. The Morgan fingerprint density at radius 3 is 2.79 bits per heavy atom. The highest BCUT2D eigenvalue weighted by Gasteiger charge is 2.07. The molecule has 1 aromatic carbocycles. The minimum atomic E-state index is -0.597. The van der Waals surface area contributed by atoms with Crippen LogP contribution in [-0.4, -0.2) is 16.6 Å². The van der Waals surface area contributed by atoms with Gasteiger partial charge in [-0.2, -0.15) is 8.57 Å². The largest absolute Gasteiger partial charge is 0.494 e. The van der Waals surface area contributed by atoms with Gasteiger partial charge in [0.2, 0.25) is 11.5 Å². The SMILES string of the molecule is COc1ccc(C(=O)Cl)cc1N=S=O. The molecule has 0 radical (unpaired) electrons. The summed E-state index contributed by atoms with van der Waals surface area (Å²) < 4.78 is 18.7. The van der Waals surface area contributed by atoms with Crippen molar-refractivity contribution in [3.63, 3.8) is 0 Å². The summed E-state index contributed by atoms with van der Waals surface area (Å²) in [5, 5.41) is -0.597. The van der Waals surface area contributed by atoms with Crippen LogP contribution >= 0.6 is 11.6 Å². The second kappa shape index (κ2) is 4.88. The number of halogens is 1. The van der Waals surface area contributed by atoms with Crippen molar-refractivity contribution >= 4 is 34.0 Å². The fourth-order valence-corrected chi connectivity index (χ4v) is 1.26. The molecule has 0 aliphatic carbocycles. The van der Waals surface area contributed by atoms with E-state index in [1.165, 1.54) is 25.3 Å². The van der Waals surface area contributed by atoms with E-state index in [2.05, 4.69) is 4.36 Å². The van der Waals surface area contributed by atoms with Crippen LogP contribution in [0.5, 0.6) is 5.75 Å². The molecule has 14 heavy (non-hydrogen) atoms. The smallest absolute Gasteiger partial charge is 0.252 e. The molecule has 0 aromatic heterocycles. The Labute approximate surface area is 89.1 Å². The van der Waals surface area contributed by atoms with Crippen molar-refractivity contribution in [3.05, 3.63) is 23.8 Å². The van der Waals surface area contributed by atoms with E-state index in [1.54, 1.807) is 0 Å². The highest BCUT2D eigenvalue weighted by atomic mass is 35.5. The van der Waals surface area contributed by atoms with Crippen LogP contribution in [0.2, 0.25) is 0 Å². The highest BCUT2D eigenvalue weighted by Crippen LogP contribution is 2.28. The number of carbonyl (C=O) groups is 1. The van der Waals surface area contributed by atoms with Gasteiger partial charge in [-0.25, -0.2) is 0 Å². The number of ether oxygens (including phenoxy) is 1. The van der Waals surface area contributed by atoms with Gasteiger partial charge in [0.15, 0.2) is 0 Å². The minimum Gasteiger partial charge on any atom is -0.494 e. The molecule has 0 atom stereocenters. The van der Waals surface area contributed by atoms with E-state index in [9.17, 15) is 9.00 Å². The van der Waals surface area contributed by atoms with Crippen LogP contribution in [0.3, 0.4) is 0 Å². The summed E-state index contributed by atoms with van der Waals surface area (Å²) in [6, 6.07) is 4.44. The zero-order chi connectivity index (χ0) is 10.6. The van der Waals surface area contributed by atoms with Gasteiger partial charge in [0, 0.05) is 5.56 Å². The van der Waals surface area contributed by atoms with E-state index in [4.69, 9.17) is 16.3 Å². The maximum atomic E-state index is 10.8. The second-order valence-corrected chi connectivity index (χ2v) is 3.00. The van der Waals surface area contributed by atoms with Crippen LogP contribution in [0.15, 0.2) is 22.6 Å². The Hall–Kier alpha value is -1.20. The van der Waals surface area contributed by atoms with Crippen molar-refractivity contribution in [2.24, 2.45) is 4.36 Å². The van der Waals surface area contributed by atoms with Crippen LogP contribution in [0.25, 0.3) is 0 Å². The van der Waals surface area contributed by atoms with Gasteiger partial charge in [-0.05, 0) is 29.8 Å². The van der Waals surface area contributed by atoms with Crippen LogP contribution in [0, 0.1) is 0 Å². The zero-order valence-corrected chi connectivity index (χ0v) is 8.76. The third kappa shape index (κ3) is 2.40. The number of nitrogens with zero attached hydrogens (tertiary/aromatic N) is 1. The molecule has 0 aliphatic rings. The number of carbonyl (C=O) groups excluding carboxylic acids is 1. The lowest BCUT2D eigenvalue weighted by Gasteiger charge is -2.03. The van der Waals surface area contributed by atoms with Crippen LogP contribution in [0.1, 0.15) is 10.4 Å². The molecule has 74 valence electrons. The topological polar surface area (TPSA) is 55.7 Å². The van der Waals surface area contributed by atoms with Crippen molar-refractivity contribution in [3.8, 4) is 5.75 Å². The number of benzene rings is 1. The van der Waals surface area contributed by atoms with Gasteiger partial charge in [-0.15, -0.1) is 0 Å². The molecular weight excluding hydrogens is 226 g/mol. The van der Waals surface area contributed by atoms with Gasteiger partial charge in [0.25, 0.3) is 5.24 Å². The predicted molar refractivity (Wildman–Crippen MR) is 53.4 cm³/mol. The highest BCUT2D eigenvalue weighted by molar-refractivity contribution is 7.54. The first kappa shape index (κ1) is 10.9. The van der Waals surface area contributed by atoms with E-state index >= 15 is 0 Å². The number of hydrogen-bond donors (Lipinski definition) is 0. The van der Waals surface area contributed by atoms with E-state index in [-0.39, 0.29) is 17.0 Å². The average Bonchev–Trinajstić information content (AvgIpc) is 2.18. The maximum absolute atomic E-state index is 10.8. The van der Waals surface area contributed by atoms with E-state index in [0.717, 1.165) is 0 Å². The molecule has 0 amide bonds. The molecule has 0 unspecified atom stereocenters. The Morgan fingerprint density at radius 2 is 2.29 bits per heavy atom. The number of rotatable bonds is 3. The van der Waals surface area contributed by atoms with Gasteiger partial charge in [0.05, 0.1) is 7.11 Å². The molecule has 4 nitrogen and oxygen atoms in total. The predicted octanol–water partition coefficient (Wildman–Crippen LogP) is 2.10. The van der Waals surface area contributed by atoms with Gasteiger partial charge >= 0.3 is 0 Å². The quantitative estimate of drug-likeness (QED) is 0.749. The fourth-order valence-electron chi connectivity index (χ4n) is 0.924. The lowest BCUT2D eigenvalue weighted by atomic mass is 10.2. The summed E-state index contributed by atoms with van der Waals surface area (Å²) in [7, 11) is 1.45. The molecule has 0 saturated heterocycles. The van der Waals surface area contributed by atoms with E-state index in [0.29, 0.717) is 11.4 Å². The first-order valence-corrected chi connectivity index (χ1v) is 4.64. The average molecular weight is 232 g/mol. The first-order chi connectivity index (χ1) is 6.69. The zero-order valence-electron chi connectivity index (χ0n) is 7.19. The van der Waals surface area contributed by atoms with Crippen LogP contribution < -0.4 is 4.74 Å². The van der Waals surface area contributed by atoms with Crippen molar-refractivity contribution in [2.75, 3.05) is 7.11 Å². The molecule has 0 aliphatic heterocycles. The van der Waals surface area contributed by atoms with Gasteiger partial charge in [0.1, 0.15) is 11.4 Å². The summed E-state index contributed by atoms with van der Waals surface area (Å²) >= 11 is 5.31. The summed E-state index contributed by atoms with van der Waals surface area (Å²) in [5.74, 6) is 0.426. The Bertz CT molecular complexity index is 415. The van der Waals surface area contributed by atoms with Crippen molar-refractivity contribution in [2.45, 2.75) is 0 Å². The Morgan fingerprint density at radius 1 is 1.57 bits per heavy atom. The van der Waals surface area contributed by atoms with Gasteiger partial charge in [-0.3, -0.25) is 4.79 Å². The molecule has 0 N–H and O–H groups in total. The maximum Gasteiger partial charge on any atom is 0.252 e. The normalized spacial score (nSPS) is 9.29. The van der Waals surface area contributed by atoms with Crippen molar-refractivity contribution in [1.82, 2.24) is 0 Å². The van der Waals surface area contributed by atoms with Crippen LogP contribution in [-0.2, 0) is 11.5 Å². The van der Waals surface area contributed by atoms with Gasteiger partial charge in [-0.1, -0.05) is 0 Å². The molecule has 1 aromatic rings. The Kier molecular flexibility index (Phi) is 3.79. The molecule has 0 spiro atoms. The van der Waals surface area contributed by atoms with Crippen molar-refractivity contribution < 1.29 is 13.7 Å². The lowest BCUT2D eigenvalue weighted by Crippen LogP contribution is -1.90. The first-order valence-electron chi connectivity index (χ1n) is 3.57. The molecule has 6 heteroatoms. The molecule has 0 saturated carbocycles.